The standard InChI is InChI=1S/C25H24F2N4O4S/c1-36(32,33)15-29-19-4-2-3-17(11-19)20-13-24-28-10-9-21(31(24)30-20)18-7-8-22(35-25(26)27)23(12-18)34-14-16-5-6-16/h2-4,7-13,16,25,29H,5-6,14-15H2,1H3. The van der Waals surface area contributed by atoms with Gasteiger partial charge in [0.25, 0.3) is 0 Å². The summed E-state index contributed by atoms with van der Waals surface area (Å²) in [4.78, 5) is 4.40. The van der Waals surface area contributed by atoms with Gasteiger partial charge in [-0.3, -0.25) is 0 Å². The maximum absolute atomic E-state index is 12.9. The zero-order valence-corrected chi connectivity index (χ0v) is 20.2. The first-order valence-electron chi connectivity index (χ1n) is 11.3. The number of ether oxygens (including phenoxy) is 2. The summed E-state index contributed by atoms with van der Waals surface area (Å²) >= 11 is 0. The van der Waals surface area contributed by atoms with E-state index >= 15 is 0 Å². The minimum absolute atomic E-state index is 0.0146. The summed E-state index contributed by atoms with van der Waals surface area (Å²) in [6, 6.07) is 15.7. The van der Waals surface area contributed by atoms with Gasteiger partial charge in [0.05, 0.1) is 18.0 Å². The molecule has 8 nitrogen and oxygen atoms in total. The van der Waals surface area contributed by atoms with E-state index in [1.54, 1.807) is 35.0 Å². The Hall–Kier alpha value is -3.73. The number of nitrogens with one attached hydrogen (secondary N) is 1. The van der Waals surface area contributed by atoms with Crippen molar-refractivity contribution in [3.05, 3.63) is 60.8 Å². The minimum atomic E-state index is -3.18. The molecule has 4 aromatic rings. The van der Waals surface area contributed by atoms with E-state index in [0.29, 0.717) is 40.8 Å². The van der Waals surface area contributed by atoms with Gasteiger partial charge >= 0.3 is 6.61 Å². The van der Waals surface area contributed by atoms with E-state index < -0.39 is 16.4 Å². The molecular weight excluding hydrogens is 490 g/mol. The number of aromatic nitrogens is 3. The molecule has 1 aliphatic carbocycles. The van der Waals surface area contributed by atoms with Crippen molar-refractivity contribution >= 4 is 21.2 Å². The SMILES string of the molecule is CS(=O)(=O)CNc1cccc(-c2cc3nccc(-c4ccc(OC(F)F)c(OCC5CC5)c4)n3n2)c1. The fraction of sp³-hybridized carbons (Fsp3) is 0.280. The Labute approximate surface area is 206 Å². The molecule has 2 aromatic carbocycles. The predicted molar refractivity (Wildman–Crippen MR) is 132 cm³/mol. The number of rotatable bonds is 10. The van der Waals surface area contributed by atoms with Gasteiger partial charge in [-0.15, -0.1) is 0 Å². The third-order valence-corrected chi connectivity index (χ3v) is 6.35. The van der Waals surface area contributed by atoms with Crippen LogP contribution in [0.15, 0.2) is 60.8 Å². The second-order valence-corrected chi connectivity index (χ2v) is 10.9. The fourth-order valence-corrected chi connectivity index (χ4v) is 4.15. The molecule has 0 amide bonds. The molecule has 0 unspecified atom stereocenters. The Morgan fingerprint density at radius 3 is 2.67 bits per heavy atom. The summed E-state index contributed by atoms with van der Waals surface area (Å²) in [5.74, 6) is 0.502. The fourth-order valence-electron chi connectivity index (χ4n) is 3.72. The zero-order chi connectivity index (χ0) is 25.3. The molecule has 1 aliphatic rings. The number of benzene rings is 2. The van der Waals surface area contributed by atoms with Crippen LogP contribution in [0.3, 0.4) is 0 Å². The molecule has 11 heteroatoms. The summed E-state index contributed by atoms with van der Waals surface area (Å²) in [6.07, 6.45) is 4.94. The maximum atomic E-state index is 12.9. The minimum Gasteiger partial charge on any atom is -0.489 e. The Balaban J connectivity index is 1.48. The van der Waals surface area contributed by atoms with Crippen molar-refractivity contribution in [3.8, 4) is 34.0 Å². The highest BCUT2D eigenvalue weighted by Crippen LogP contribution is 2.36. The number of hydrogen-bond donors (Lipinski definition) is 1. The maximum Gasteiger partial charge on any atom is 0.387 e. The first-order valence-corrected chi connectivity index (χ1v) is 13.4. The highest BCUT2D eigenvalue weighted by Gasteiger charge is 2.23. The van der Waals surface area contributed by atoms with Gasteiger partial charge in [-0.05, 0) is 55.2 Å². The lowest BCUT2D eigenvalue weighted by molar-refractivity contribution is -0.0515. The van der Waals surface area contributed by atoms with Crippen molar-refractivity contribution < 1.29 is 26.7 Å². The molecule has 1 fully saturated rings. The quantitative estimate of drug-likeness (QED) is 0.323. The molecule has 0 saturated heterocycles. The summed E-state index contributed by atoms with van der Waals surface area (Å²) < 4.78 is 60.9. The third-order valence-electron chi connectivity index (χ3n) is 5.68. The van der Waals surface area contributed by atoms with Crippen LogP contribution >= 0.6 is 0 Å². The van der Waals surface area contributed by atoms with Crippen LogP contribution < -0.4 is 14.8 Å². The Bertz CT molecular complexity index is 1500. The van der Waals surface area contributed by atoms with Gasteiger partial charge in [0, 0.05) is 35.3 Å². The molecular formula is C25H24F2N4O4S. The van der Waals surface area contributed by atoms with E-state index in [0.717, 1.165) is 24.7 Å². The van der Waals surface area contributed by atoms with Crippen molar-refractivity contribution in [3.63, 3.8) is 0 Å². The molecule has 0 atom stereocenters. The molecule has 0 aliphatic heterocycles. The van der Waals surface area contributed by atoms with Gasteiger partial charge in [0.2, 0.25) is 0 Å². The first-order chi connectivity index (χ1) is 17.2. The first kappa shape index (κ1) is 24.0. The normalized spacial score (nSPS) is 13.8. The second-order valence-electron chi connectivity index (χ2n) is 8.75. The molecule has 0 bridgehead atoms. The molecule has 5 rings (SSSR count). The van der Waals surface area contributed by atoms with Crippen molar-refractivity contribution in [1.29, 1.82) is 0 Å². The number of fused-ring (bicyclic) bond motifs is 1. The van der Waals surface area contributed by atoms with Crippen LogP contribution in [0.4, 0.5) is 14.5 Å². The highest BCUT2D eigenvalue weighted by molar-refractivity contribution is 7.90. The molecule has 2 heterocycles. The van der Waals surface area contributed by atoms with Gasteiger partial charge in [0.1, 0.15) is 5.88 Å². The van der Waals surface area contributed by atoms with Gasteiger partial charge in [0.15, 0.2) is 27.0 Å². The number of hydrogen-bond acceptors (Lipinski definition) is 7. The zero-order valence-electron chi connectivity index (χ0n) is 19.4. The number of sulfone groups is 1. The number of alkyl halides is 2. The van der Waals surface area contributed by atoms with E-state index in [-0.39, 0.29) is 17.4 Å². The molecule has 36 heavy (non-hydrogen) atoms. The second kappa shape index (κ2) is 9.73. The van der Waals surface area contributed by atoms with E-state index in [1.807, 2.05) is 24.3 Å². The lowest BCUT2D eigenvalue weighted by atomic mass is 10.1. The van der Waals surface area contributed by atoms with Crippen LogP contribution in [0.1, 0.15) is 12.8 Å². The predicted octanol–water partition coefficient (Wildman–Crippen LogP) is 4.87. The van der Waals surface area contributed by atoms with Gasteiger partial charge in [-0.2, -0.15) is 13.9 Å². The van der Waals surface area contributed by atoms with E-state index in [1.165, 1.54) is 6.07 Å². The Morgan fingerprint density at radius 1 is 1.08 bits per heavy atom. The monoisotopic (exact) mass is 514 g/mol. The van der Waals surface area contributed by atoms with Crippen LogP contribution in [0.25, 0.3) is 28.2 Å². The van der Waals surface area contributed by atoms with Crippen LogP contribution in [-0.4, -0.2) is 48.4 Å². The largest absolute Gasteiger partial charge is 0.489 e. The van der Waals surface area contributed by atoms with Crippen LogP contribution in [-0.2, 0) is 9.84 Å². The number of anilines is 1. The average Bonchev–Trinajstić information content (AvgIpc) is 3.57. The summed E-state index contributed by atoms with van der Waals surface area (Å²) in [5, 5.41) is 7.61. The molecule has 0 spiro atoms. The van der Waals surface area contributed by atoms with Gasteiger partial charge in [-0.25, -0.2) is 17.9 Å². The van der Waals surface area contributed by atoms with Crippen LogP contribution in [0.5, 0.6) is 11.5 Å². The van der Waals surface area contributed by atoms with Crippen molar-refractivity contribution in [2.75, 3.05) is 24.1 Å². The summed E-state index contributed by atoms with van der Waals surface area (Å²) in [6.45, 7) is -2.51. The molecule has 1 N–H and O–H groups in total. The lowest BCUT2D eigenvalue weighted by Gasteiger charge is -2.14. The Kier molecular flexibility index (Phi) is 6.48. The van der Waals surface area contributed by atoms with Gasteiger partial charge in [-0.1, -0.05) is 12.1 Å². The average molecular weight is 515 g/mol. The molecule has 2 aromatic heterocycles. The van der Waals surface area contributed by atoms with Crippen LogP contribution in [0, 0.1) is 5.92 Å². The number of nitrogens with zero attached hydrogens (tertiary/aromatic N) is 3. The summed E-state index contributed by atoms with van der Waals surface area (Å²) in [7, 11) is -3.18. The highest BCUT2D eigenvalue weighted by atomic mass is 32.2. The Morgan fingerprint density at radius 2 is 1.92 bits per heavy atom. The van der Waals surface area contributed by atoms with E-state index in [9.17, 15) is 17.2 Å². The lowest BCUT2D eigenvalue weighted by Crippen LogP contribution is -2.12. The van der Waals surface area contributed by atoms with E-state index in [4.69, 9.17) is 9.84 Å². The molecule has 1 saturated carbocycles. The third kappa shape index (κ3) is 5.73. The van der Waals surface area contributed by atoms with Crippen LogP contribution in [0.2, 0.25) is 0 Å². The topological polar surface area (TPSA) is 94.8 Å². The van der Waals surface area contributed by atoms with Crippen molar-refractivity contribution in [2.24, 2.45) is 5.92 Å². The van der Waals surface area contributed by atoms with Gasteiger partial charge < -0.3 is 14.8 Å². The van der Waals surface area contributed by atoms with E-state index in [2.05, 4.69) is 15.0 Å². The molecule has 0 radical (unpaired) electrons. The molecule has 188 valence electrons. The summed E-state index contributed by atoms with van der Waals surface area (Å²) in [5.41, 5.74) is 4.05. The van der Waals surface area contributed by atoms with Crippen molar-refractivity contribution in [2.45, 2.75) is 19.5 Å². The number of halogens is 2. The smallest absolute Gasteiger partial charge is 0.387 e. The van der Waals surface area contributed by atoms with Crippen molar-refractivity contribution in [1.82, 2.24) is 14.6 Å².